The molecule has 8 aromatic carbocycles. The Morgan fingerprint density at radius 1 is 0.175 bits per heavy atom. The summed E-state index contributed by atoms with van der Waals surface area (Å²) in [6.07, 6.45) is 0. The standard InChI is InChI=1S/C72H56O8/c1-73-57-29-9-49(10-30-57)17-45-65-66(46-18-50-11-31-58(74-2)32-12-50)70(54-23-39-62(78-6)40-24-54)68(48-20-52-15-35-60(76-4)36-16-52)72(56-27-43-64(80-8)44-28-56)71(55-25-41-63(79-7)42-26-55)67(47-19-51-13-33-59(75-3)34-14-51)69(65)53-21-37-61(77-5)38-22-53/h9-16,21-44H,1-8H3/b66-65-,69-65?,69-67-,70-66?,70-68-,71-67?,72-68?,72-71-. The van der Waals surface area contributed by atoms with Gasteiger partial charge in [0.2, 0.25) is 0 Å². The van der Waals surface area contributed by atoms with Gasteiger partial charge in [-0.1, -0.05) is 95.9 Å². The molecule has 0 saturated carbocycles. The van der Waals surface area contributed by atoms with Gasteiger partial charge in [-0.05, 0) is 168 Å². The van der Waals surface area contributed by atoms with Gasteiger partial charge in [0.05, 0.1) is 68.0 Å². The third-order valence-electron chi connectivity index (χ3n) is 13.2. The molecule has 0 unspecified atom stereocenters. The molecule has 0 amide bonds. The van der Waals surface area contributed by atoms with Crippen molar-refractivity contribution in [2.75, 3.05) is 56.9 Å². The highest BCUT2D eigenvalue weighted by Gasteiger charge is 2.31. The number of allylic oxidation sites excluding steroid dienone is 8. The summed E-state index contributed by atoms with van der Waals surface area (Å²) in [4.78, 5) is 0. The van der Waals surface area contributed by atoms with Crippen LogP contribution in [0.2, 0.25) is 0 Å². The zero-order valence-corrected chi connectivity index (χ0v) is 45.7. The van der Waals surface area contributed by atoms with E-state index >= 15 is 0 Å². The Morgan fingerprint density at radius 2 is 0.338 bits per heavy atom. The van der Waals surface area contributed by atoms with Crippen molar-refractivity contribution >= 4 is 22.3 Å². The first kappa shape index (κ1) is 54.2. The average Bonchev–Trinajstić information content (AvgIpc) is 3.58. The van der Waals surface area contributed by atoms with Gasteiger partial charge in [-0.2, -0.15) is 0 Å². The average molecular weight is 1050 g/mol. The van der Waals surface area contributed by atoms with Crippen molar-refractivity contribution in [3.8, 4) is 93.4 Å². The molecule has 0 bridgehead atoms. The lowest BCUT2D eigenvalue weighted by atomic mass is 9.74. The molecule has 8 aromatic rings. The summed E-state index contributed by atoms with van der Waals surface area (Å²) in [5.74, 6) is 35.0. The summed E-state index contributed by atoms with van der Waals surface area (Å²) in [6, 6.07) is 62.7. The Hall–Kier alpha value is -10.6. The van der Waals surface area contributed by atoms with Gasteiger partial charge in [-0.3, -0.25) is 0 Å². The highest BCUT2D eigenvalue weighted by molar-refractivity contribution is 6.18. The lowest BCUT2D eigenvalue weighted by Crippen LogP contribution is -2.10. The van der Waals surface area contributed by atoms with Gasteiger partial charge in [-0.25, -0.2) is 0 Å². The summed E-state index contributed by atoms with van der Waals surface area (Å²) >= 11 is 0. The third-order valence-corrected chi connectivity index (χ3v) is 13.2. The summed E-state index contributed by atoms with van der Waals surface area (Å²) in [6.45, 7) is 0. The molecule has 9 rings (SSSR count). The second kappa shape index (κ2) is 25.9. The van der Waals surface area contributed by atoms with E-state index < -0.39 is 0 Å². The number of hydrogen-bond donors (Lipinski definition) is 0. The van der Waals surface area contributed by atoms with E-state index in [1.54, 1.807) is 56.9 Å². The van der Waals surface area contributed by atoms with Crippen LogP contribution in [0.4, 0.5) is 0 Å². The van der Waals surface area contributed by atoms with Crippen molar-refractivity contribution in [1.82, 2.24) is 0 Å². The Bertz CT molecular complexity index is 3630. The highest BCUT2D eigenvalue weighted by Crippen LogP contribution is 2.49. The van der Waals surface area contributed by atoms with Crippen LogP contribution in [-0.4, -0.2) is 56.9 Å². The topological polar surface area (TPSA) is 73.8 Å². The largest absolute Gasteiger partial charge is 0.497 e. The Morgan fingerprint density at radius 3 is 0.525 bits per heavy atom. The summed E-state index contributed by atoms with van der Waals surface area (Å²) in [5.41, 5.74) is 11.5. The maximum absolute atomic E-state index is 5.82. The minimum atomic E-state index is 0.570. The summed E-state index contributed by atoms with van der Waals surface area (Å²) < 4.78 is 45.6. The van der Waals surface area contributed by atoms with Gasteiger partial charge >= 0.3 is 0 Å². The van der Waals surface area contributed by atoms with E-state index in [1.807, 2.05) is 170 Å². The van der Waals surface area contributed by atoms with E-state index in [0.29, 0.717) is 79.4 Å². The molecule has 80 heavy (non-hydrogen) atoms. The van der Waals surface area contributed by atoms with Crippen LogP contribution in [0.3, 0.4) is 0 Å². The molecule has 0 heterocycles. The molecular formula is C72H56O8. The first-order valence-corrected chi connectivity index (χ1v) is 25.5. The molecule has 8 nitrogen and oxygen atoms in total. The lowest BCUT2D eigenvalue weighted by Gasteiger charge is -2.27. The summed E-state index contributed by atoms with van der Waals surface area (Å²) in [5, 5.41) is 0. The molecule has 0 fully saturated rings. The molecule has 8 heteroatoms. The van der Waals surface area contributed by atoms with Crippen LogP contribution in [0.5, 0.6) is 46.0 Å². The molecule has 0 atom stereocenters. The van der Waals surface area contributed by atoms with Gasteiger partial charge in [0.1, 0.15) is 46.0 Å². The molecule has 1 aliphatic rings. The van der Waals surface area contributed by atoms with Crippen LogP contribution in [0, 0.1) is 47.4 Å². The molecule has 392 valence electrons. The van der Waals surface area contributed by atoms with Crippen LogP contribution >= 0.6 is 0 Å². The third kappa shape index (κ3) is 12.6. The van der Waals surface area contributed by atoms with E-state index in [0.717, 1.165) is 55.7 Å². The van der Waals surface area contributed by atoms with Crippen molar-refractivity contribution in [3.05, 3.63) is 261 Å². The van der Waals surface area contributed by atoms with E-state index in [1.165, 1.54) is 0 Å². The first-order chi connectivity index (χ1) is 39.3. The molecule has 0 N–H and O–H groups in total. The fraction of sp³-hybridized carbons (Fsp3) is 0.111. The normalized spacial score (nSPS) is 15.5. The molecule has 0 spiro atoms. The smallest absolute Gasteiger partial charge is 0.118 e. The van der Waals surface area contributed by atoms with E-state index in [9.17, 15) is 0 Å². The second-order valence-corrected chi connectivity index (χ2v) is 17.8. The van der Waals surface area contributed by atoms with Crippen molar-refractivity contribution < 1.29 is 37.9 Å². The molecule has 0 saturated heterocycles. The van der Waals surface area contributed by atoms with Gasteiger partial charge in [-0.15, -0.1) is 0 Å². The van der Waals surface area contributed by atoms with E-state index in [2.05, 4.69) is 71.6 Å². The van der Waals surface area contributed by atoms with E-state index in [-0.39, 0.29) is 0 Å². The fourth-order valence-corrected chi connectivity index (χ4v) is 8.92. The number of rotatable bonds is 12. The molecule has 0 aromatic heterocycles. The minimum absolute atomic E-state index is 0.570. The fourth-order valence-electron chi connectivity index (χ4n) is 8.92. The van der Waals surface area contributed by atoms with Crippen LogP contribution in [-0.2, 0) is 0 Å². The van der Waals surface area contributed by atoms with E-state index in [4.69, 9.17) is 37.9 Å². The van der Waals surface area contributed by atoms with Gasteiger partial charge < -0.3 is 37.9 Å². The predicted octanol–water partition coefficient (Wildman–Crippen LogP) is 14.1. The van der Waals surface area contributed by atoms with Crippen molar-refractivity contribution in [3.63, 3.8) is 0 Å². The Balaban J connectivity index is 1.61. The molecular weight excluding hydrogens is 993 g/mol. The Kier molecular flexibility index (Phi) is 17.6. The number of ether oxygens (including phenoxy) is 8. The highest BCUT2D eigenvalue weighted by atomic mass is 16.5. The first-order valence-electron chi connectivity index (χ1n) is 25.5. The van der Waals surface area contributed by atoms with Crippen molar-refractivity contribution in [2.45, 2.75) is 0 Å². The maximum Gasteiger partial charge on any atom is 0.118 e. The van der Waals surface area contributed by atoms with Crippen LogP contribution in [0.1, 0.15) is 44.5 Å². The predicted molar refractivity (Wildman–Crippen MR) is 319 cm³/mol. The number of benzene rings is 8. The van der Waals surface area contributed by atoms with Gasteiger partial charge in [0, 0.05) is 55.7 Å². The van der Waals surface area contributed by atoms with Crippen LogP contribution < -0.4 is 37.9 Å². The molecule has 0 radical (unpaired) electrons. The maximum atomic E-state index is 5.82. The number of hydrogen-bond acceptors (Lipinski definition) is 8. The lowest BCUT2D eigenvalue weighted by molar-refractivity contribution is 0.414. The monoisotopic (exact) mass is 1050 g/mol. The van der Waals surface area contributed by atoms with Gasteiger partial charge in [0.25, 0.3) is 0 Å². The zero-order chi connectivity index (χ0) is 55.8. The van der Waals surface area contributed by atoms with Crippen LogP contribution in [0.15, 0.2) is 216 Å². The van der Waals surface area contributed by atoms with Crippen molar-refractivity contribution in [1.29, 1.82) is 0 Å². The molecule has 1 aliphatic carbocycles. The minimum Gasteiger partial charge on any atom is -0.497 e. The Labute approximate surface area is 469 Å². The zero-order valence-electron chi connectivity index (χ0n) is 45.7. The van der Waals surface area contributed by atoms with Crippen molar-refractivity contribution in [2.24, 2.45) is 0 Å². The molecule has 0 aliphatic heterocycles. The SMILES string of the molecule is COc1ccc(C#CC2=C(C#Cc3ccc(OC)cc3)/C(c3ccc(OC)cc3)=C(C#Cc3ccc(OC)cc3)\C(c3ccc(OC)cc3)=C(c3ccc(OC)cc3)/C(C#Cc3ccc(OC)cc3)=C\2c2ccc(OC)cc2)cc1. The van der Waals surface area contributed by atoms with Gasteiger partial charge in [0.15, 0.2) is 0 Å². The quantitative estimate of drug-likeness (QED) is 0.112. The summed E-state index contributed by atoms with van der Waals surface area (Å²) in [7, 11) is 13.2. The second-order valence-electron chi connectivity index (χ2n) is 17.8. The van der Waals surface area contributed by atoms with Crippen LogP contribution in [0.25, 0.3) is 22.3 Å². The number of methoxy groups -OCH3 is 8.